The van der Waals surface area contributed by atoms with Gasteiger partial charge in [0.05, 0.1) is 29.2 Å². The number of rotatable bonds is 6. The third kappa shape index (κ3) is 3.41. The van der Waals surface area contributed by atoms with Gasteiger partial charge in [-0.3, -0.25) is 9.69 Å². The van der Waals surface area contributed by atoms with E-state index in [1.807, 2.05) is 37.3 Å². The van der Waals surface area contributed by atoms with Crippen molar-refractivity contribution in [1.29, 1.82) is 0 Å². The van der Waals surface area contributed by atoms with Crippen molar-refractivity contribution in [1.82, 2.24) is 4.90 Å². The van der Waals surface area contributed by atoms with Gasteiger partial charge in [0.25, 0.3) is 0 Å². The monoisotopic (exact) mass is 374 g/mol. The minimum Gasteiger partial charge on any atom is -0.460 e. The van der Waals surface area contributed by atoms with E-state index in [1.165, 1.54) is 11.8 Å². The molecule has 0 unspecified atom stereocenters. The van der Waals surface area contributed by atoms with Gasteiger partial charge in [0.1, 0.15) is 6.61 Å². The summed E-state index contributed by atoms with van der Waals surface area (Å²) < 4.78 is 10.3. The summed E-state index contributed by atoms with van der Waals surface area (Å²) in [4.78, 5) is 31.9. The summed E-state index contributed by atoms with van der Waals surface area (Å²) in [5.74, 6) is -0.478. The maximum Gasteiger partial charge on any atom is 0.338 e. The van der Waals surface area contributed by atoms with Gasteiger partial charge >= 0.3 is 5.97 Å². The van der Waals surface area contributed by atoms with Crippen LogP contribution >= 0.6 is 11.8 Å². The standard InChI is InChI=1S/C19H22N2O4S/c1-4-14-17(22)21-16(13-8-6-5-7-9-13)15(12(2)20-19(21)26-14)18(23)25-11-10-24-3/h5-9,14,16H,4,10-11H2,1-3H3/t14-,16+/m0/s1. The van der Waals surface area contributed by atoms with Crippen molar-refractivity contribution in [3.63, 3.8) is 0 Å². The number of nitrogens with zero attached hydrogens (tertiary/aromatic N) is 2. The Hall–Kier alpha value is -2.12. The fourth-order valence-electron chi connectivity index (χ4n) is 3.10. The average molecular weight is 374 g/mol. The first-order chi connectivity index (χ1) is 12.6. The van der Waals surface area contributed by atoms with Crippen molar-refractivity contribution >= 4 is 28.8 Å². The molecule has 0 aromatic heterocycles. The van der Waals surface area contributed by atoms with Crippen molar-refractivity contribution in [3.05, 3.63) is 47.2 Å². The lowest BCUT2D eigenvalue weighted by atomic mass is 9.94. The molecule has 26 heavy (non-hydrogen) atoms. The Morgan fingerprint density at radius 2 is 2.00 bits per heavy atom. The predicted octanol–water partition coefficient (Wildman–Crippen LogP) is 2.91. The van der Waals surface area contributed by atoms with Gasteiger partial charge in [-0.1, -0.05) is 49.0 Å². The van der Waals surface area contributed by atoms with Crippen molar-refractivity contribution in [2.75, 3.05) is 20.3 Å². The van der Waals surface area contributed by atoms with Crippen molar-refractivity contribution in [2.45, 2.75) is 31.6 Å². The number of amides is 1. The number of aliphatic imine (C=N–C) groups is 1. The molecular formula is C19H22N2O4S. The van der Waals surface area contributed by atoms with E-state index in [4.69, 9.17) is 9.47 Å². The molecule has 3 rings (SSSR count). The highest BCUT2D eigenvalue weighted by atomic mass is 32.2. The van der Waals surface area contributed by atoms with E-state index >= 15 is 0 Å². The van der Waals surface area contributed by atoms with Crippen molar-refractivity contribution in [2.24, 2.45) is 4.99 Å². The van der Waals surface area contributed by atoms with Crippen LogP contribution in [0.3, 0.4) is 0 Å². The van der Waals surface area contributed by atoms with E-state index in [0.717, 1.165) is 5.56 Å². The van der Waals surface area contributed by atoms with Gasteiger partial charge in [-0.05, 0) is 18.9 Å². The summed E-state index contributed by atoms with van der Waals surface area (Å²) in [6.45, 7) is 4.24. The molecule has 1 aromatic rings. The summed E-state index contributed by atoms with van der Waals surface area (Å²) in [5, 5.41) is 0.485. The molecule has 1 aromatic carbocycles. The number of fused-ring (bicyclic) bond motifs is 1. The smallest absolute Gasteiger partial charge is 0.338 e. The number of esters is 1. The molecule has 6 nitrogen and oxygen atoms in total. The maximum atomic E-state index is 12.9. The highest BCUT2D eigenvalue weighted by Crippen LogP contribution is 2.43. The van der Waals surface area contributed by atoms with E-state index in [2.05, 4.69) is 4.99 Å². The van der Waals surface area contributed by atoms with Crippen LogP contribution < -0.4 is 0 Å². The summed E-state index contributed by atoms with van der Waals surface area (Å²) in [6.07, 6.45) is 0.715. The zero-order valence-electron chi connectivity index (χ0n) is 15.1. The van der Waals surface area contributed by atoms with Crippen LogP contribution in [-0.4, -0.2) is 47.5 Å². The number of benzene rings is 1. The number of methoxy groups -OCH3 is 1. The number of carbonyl (C=O) groups excluding carboxylic acids is 2. The molecule has 0 N–H and O–H groups in total. The molecule has 0 saturated carbocycles. The molecule has 0 bridgehead atoms. The lowest BCUT2D eigenvalue weighted by Gasteiger charge is -2.33. The first-order valence-corrected chi connectivity index (χ1v) is 9.46. The van der Waals surface area contributed by atoms with Crippen LogP contribution in [-0.2, 0) is 19.1 Å². The van der Waals surface area contributed by atoms with E-state index < -0.39 is 12.0 Å². The lowest BCUT2D eigenvalue weighted by Crippen LogP contribution is -2.40. The molecule has 0 spiro atoms. The first-order valence-electron chi connectivity index (χ1n) is 8.58. The Morgan fingerprint density at radius 1 is 1.27 bits per heavy atom. The highest BCUT2D eigenvalue weighted by molar-refractivity contribution is 8.15. The third-order valence-corrected chi connectivity index (χ3v) is 5.70. The first kappa shape index (κ1) is 18.7. The van der Waals surface area contributed by atoms with Crippen LogP contribution in [0.1, 0.15) is 31.9 Å². The number of hydrogen-bond donors (Lipinski definition) is 0. The molecule has 2 aliphatic heterocycles. The Balaban J connectivity index is 2.02. The number of carbonyl (C=O) groups is 2. The van der Waals surface area contributed by atoms with Crippen LogP contribution in [0.25, 0.3) is 0 Å². The maximum absolute atomic E-state index is 12.9. The average Bonchev–Trinajstić information content (AvgIpc) is 2.96. The minimum absolute atomic E-state index is 0.0141. The Kier molecular flexibility index (Phi) is 5.78. The van der Waals surface area contributed by atoms with Gasteiger partial charge < -0.3 is 9.47 Å². The SMILES string of the molecule is CC[C@@H]1SC2=NC(C)=C(C(=O)OCCOC)[C@@H](c3ccccc3)N2C1=O. The second-order valence-electron chi connectivity index (χ2n) is 6.06. The van der Waals surface area contributed by atoms with Crippen LogP contribution in [0.15, 0.2) is 46.6 Å². The Labute approximate surface area is 157 Å². The van der Waals surface area contributed by atoms with Gasteiger partial charge in [0.15, 0.2) is 5.17 Å². The van der Waals surface area contributed by atoms with Crippen molar-refractivity contribution < 1.29 is 19.1 Å². The summed E-state index contributed by atoms with van der Waals surface area (Å²) >= 11 is 1.46. The van der Waals surface area contributed by atoms with E-state index in [-0.39, 0.29) is 17.8 Å². The Bertz CT molecular complexity index is 760. The highest BCUT2D eigenvalue weighted by Gasteiger charge is 2.47. The molecule has 138 valence electrons. The van der Waals surface area contributed by atoms with E-state index in [9.17, 15) is 9.59 Å². The minimum atomic E-state index is -0.518. The predicted molar refractivity (Wildman–Crippen MR) is 101 cm³/mol. The molecule has 1 amide bonds. The van der Waals surface area contributed by atoms with Gasteiger partial charge in [-0.15, -0.1) is 0 Å². The van der Waals surface area contributed by atoms with Gasteiger partial charge in [-0.2, -0.15) is 0 Å². The zero-order valence-corrected chi connectivity index (χ0v) is 15.9. The number of ether oxygens (including phenoxy) is 2. The van der Waals surface area contributed by atoms with E-state index in [0.29, 0.717) is 29.5 Å². The number of thioether (sulfide) groups is 1. The summed E-state index contributed by atoms with van der Waals surface area (Å²) in [7, 11) is 1.55. The second-order valence-corrected chi connectivity index (χ2v) is 7.23. The lowest BCUT2D eigenvalue weighted by molar-refractivity contribution is -0.141. The van der Waals surface area contributed by atoms with Crippen LogP contribution in [0.5, 0.6) is 0 Å². The van der Waals surface area contributed by atoms with E-state index in [1.54, 1.807) is 18.9 Å². The normalized spacial score (nSPS) is 22.3. The zero-order chi connectivity index (χ0) is 18.7. The fourth-order valence-corrected chi connectivity index (χ4v) is 4.23. The van der Waals surface area contributed by atoms with Crippen molar-refractivity contribution in [3.8, 4) is 0 Å². The topological polar surface area (TPSA) is 68.2 Å². The summed E-state index contributed by atoms with van der Waals surface area (Å²) in [5.41, 5.74) is 1.86. The van der Waals surface area contributed by atoms with Crippen LogP contribution in [0.2, 0.25) is 0 Å². The molecule has 2 heterocycles. The molecule has 1 fully saturated rings. The Morgan fingerprint density at radius 3 is 2.65 bits per heavy atom. The molecule has 1 saturated heterocycles. The third-order valence-electron chi connectivity index (χ3n) is 4.38. The molecule has 2 aliphatic rings. The quantitative estimate of drug-likeness (QED) is 0.566. The number of hydrogen-bond acceptors (Lipinski definition) is 6. The largest absolute Gasteiger partial charge is 0.460 e. The van der Waals surface area contributed by atoms with Gasteiger partial charge in [-0.25, -0.2) is 9.79 Å². The molecule has 0 aliphatic carbocycles. The summed E-state index contributed by atoms with van der Waals surface area (Å²) in [6, 6.07) is 9.02. The number of amidine groups is 1. The molecule has 2 atom stereocenters. The second kappa shape index (κ2) is 8.05. The van der Waals surface area contributed by atoms with Crippen LogP contribution in [0.4, 0.5) is 0 Å². The van der Waals surface area contributed by atoms with Gasteiger partial charge in [0, 0.05) is 7.11 Å². The number of allylic oxidation sites excluding steroid dienone is 1. The van der Waals surface area contributed by atoms with Gasteiger partial charge in [0.2, 0.25) is 5.91 Å². The van der Waals surface area contributed by atoms with Crippen LogP contribution in [0, 0.1) is 0 Å². The molecular weight excluding hydrogens is 352 g/mol. The fraction of sp³-hybridized carbons (Fsp3) is 0.421. The molecule has 7 heteroatoms. The molecule has 0 radical (unpaired) electrons.